The summed E-state index contributed by atoms with van der Waals surface area (Å²) in [5.74, 6) is 0. The number of thiophene rings is 1. The summed E-state index contributed by atoms with van der Waals surface area (Å²) in [7, 11) is 0. The minimum Gasteiger partial charge on any atom is -0.298 e. The highest BCUT2D eigenvalue weighted by molar-refractivity contribution is 7.09. The molecule has 0 saturated heterocycles. The van der Waals surface area contributed by atoms with Gasteiger partial charge in [0.1, 0.15) is 0 Å². The van der Waals surface area contributed by atoms with Crippen molar-refractivity contribution in [2.75, 3.05) is 13.1 Å². The van der Waals surface area contributed by atoms with Gasteiger partial charge in [0.2, 0.25) is 0 Å². The highest BCUT2D eigenvalue weighted by Crippen LogP contribution is 2.22. The SMILES string of the molecule is c1csc(CCN2CCc3nc4ncccc4cc3C2)c1. The van der Waals surface area contributed by atoms with E-state index in [1.807, 2.05) is 23.6 Å². The maximum Gasteiger partial charge on any atom is 0.159 e. The molecule has 0 atom stereocenters. The van der Waals surface area contributed by atoms with Crippen LogP contribution in [0.5, 0.6) is 0 Å². The second-order valence-corrected chi connectivity index (χ2v) is 6.53. The van der Waals surface area contributed by atoms with E-state index >= 15 is 0 Å². The molecular formula is C17H17N3S. The summed E-state index contributed by atoms with van der Waals surface area (Å²) >= 11 is 1.85. The van der Waals surface area contributed by atoms with E-state index in [4.69, 9.17) is 4.98 Å². The summed E-state index contributed by atoms with van der Waals surface area (Å²) in [6.07, 6.45) is 4.00. The van der Waals surface area contributed by atoms with Crippen molar-refractivity contribution in [3.8, 4) is 0 Å². The van der Waals surface area contributed by atoms with Gasteiger partial charge in [0, 0.05) is 48.2 Å². The fourth-order valence-electron chi connectivity index (χ4n) is 2.94. The molecule has 1 aliphatic heterocycles. The van der Waals surface area contributed by atoms with Crippen molar-refractivity contribution in [1.29, 1.82) is 0 Å². The number of pyridine rings is 2. The molecule has 1 aliphatic rings. The minimum absolute atomic E-state index is 0.878. The number of hydrogen-bond donors (Lipinski definition) is 0. The first-order chi connectivity index (χ1) is 10.4. The van der Waals surface area contributed by atoms with Gasteiger partial charge >= 0.3 is 0 Å². The lowest BCUT2D eigenvalue weighted by molar-refractivity contribution is 0.256. The van der Waals surface area contributed by atoms with Crippen LogP contribution in [0.4, 0.5) is 0 Å². The van der Waals surface area contributed by atoms with Crippen LogP contribution in [0.25, 0.3) is 11.0 Å². The molecule has 4 rings (SSSR count). The van der Waals surface area contributed by atoms with Gasteiger partial charge in [-0.3, -0.25) is 4.90 Å². The Kier molecular flexibility index (Phi) is 3.41. The first-order valence-corrected chi connectivity index (χ1v) is 8.25. The topological polar surface area (TPSA) is 29.0 Å². The second-order valence-electron chi connectivity index (χ2n) is 5.50. The third-order valence-electron chi connectivity index (χ3n) is 4.07. The quantitative estimate of drug-likeness (QED) is 0.742. The Labute approximate surface area is 128 Å². The summed E-state index contributed by atoms with van der Waals surface area (Å²) < 4.78 is 0. The highest BCUT2D eigenvalue weighted by atomic mass is 32.1. The lowest BCUT2D eigenvalue weighted by Gasteiger charge is -2.28. The van der Waals surface area contributed by atoms with E-state index in [9.17, 15) is 0 Å². The van der Waals surface area contributed by atoms with Gasteiger partial charge in [0.25, 0.3) is 0 Å². The van der Waals surface area contributed by atoms with Gasteiger partial charge in [-0.15, -0.1) is 11.3 Å². The fourth-order valence-corrected chi connectivity index (χ4v) is 3.64. The summed E-state index contributed by atoms with van der Waals surface area (Å²) in [5, 5.41) is 3.31. The van der Waals surface area contributed by atoms with Gasteiger partial charge in [-0.2, -0.15) is 0 Å². The zero-order valence-corrected chi connectivity index (χ0v) is 12.6. The van der Waals surface area contributed by atoms with Crippen molar-refractivity contribution >= 4 is 22.4 Å². The van der Waals surface area contributed by atoms with Gasteiger partial charge in [0.15, 0.2) is 5.65 Å². The van der Waals surface area contributed by atoms with E-state index in [0.29, 0.717) is 0 Å². The van der Waals surface area contributed by atoms with Crippen molar-refractivity contribution in [2.24, 2.45) is 0 Å². The average molecular weight is 295 g/mol. The van der Waals surface area contributed by atoms with E-state index in [1.54, 1.807) is 0 Å². The molecule has 3 nitrogen and oxygen atoms in total. The summed E-state index contributed by atoms with van der Waals surface area (Å²) in [4.78, 5) is 13.1. The van der Waals surface area contributed by atoms with E-state index in [-0.39, 0.29) is 0 Å². The molecule has 0 N–H and O–H groups in total. The fraction of sp³-hybridized carbons (Fsp3) is 0.294. The number of aromatic nitrogens is 2. The van der Waals surface area contributed by atoms with Crippen molar-refractivity contribution < 1.29 is 0 Å². The van der Waals surface area contributed by atoms with E-state index in [0.717, 1.165) is 43.5 Å². The lowest BCUT2D eigenvalue weighted by Crippen LogP contribution is -2.32. The molecule has 3 aromatic heterocycles. The third kappa shape index (κ3) is 2.69. The van der Waals surface area contributed by atoms with E-state index < -0.39 is 0 Å². The van der Waals surface area contributed by atoms with Crippen molar-refractivity contribution in [2.45, 2.75) is 19.4 Å². The molecule has 0 aliphatic carbocycles. The van der Waals surface area contributed by atoms with E-state index in [2.05, 4.69) is 39.5 Å². The number of hydrogen-bond acceptors (Lipinski definition) is 4. The smallest absolute Gasteiger partial charge is 0.159 e. The predicted octanol–water partition coefficient (Wildman–Crippen LogP) is 3.29. The molecule has 0 radical (unpaired) electrons. The standard InChI is InChI=1S/C17H17N3S/c1-3-13-11-14-12-20(8-5-15-4-2-10-21-15)9-6-16(14)19-17(13)18-7-1/h1-4,7,10-11H,5-6,8-9,12H2. The molecule has 4 heterocycles. The van der Waals surface area contributed by atoms with Crippen molar-refractivity contribution in [1.82, 2.24) is 14.9 Å². The number of nitrogens with zero attached hydrogens (tertiary/aromatic N) is 3. The normalized spacial score (nSPS) is 15.2. The van der Waals surface area contributed by atoms with E-state index in [1.165, 1.54) is 16.1 Å². The zero-order valence-electron chi connectivity index (χ0n) is 11.8. The van der Waals surface area contributed by atoms with Crippen LogP contribution in [0.15, 0.2) is 41.9 Å². The first kappa shape index (κ1) is 12.9. The highest BCUT2D eigenvalue weighted by Gasteiger charge is 2.18. The van der Waals surface area contributed by atoms with Crippen LogP contribution < -0.4 is 0 Å². The van der Waals surface area contributed by atoms with Crippen LogP contribution in [-0.2, 0) is 19.4 Å². The summed E-state index contributed by atoms with van der Waals surface area (Å²) in [6, 6.07) is 10.7. The van der Waals surface area contributed by atoms with Crippen LogP contribution in [-0.4, -0.2) is 28.0 Å². The monoisotopic (exact) mass is 295 g/mol. The molecule has 0 spiro atoms. The van der Waals surface area contributed by atoms with Crippen molar-refractivity contribution in [3.05, 3.63) is 58.0 Å². The molecule has 0 fully saturated rings. The molecule has 0 bridgehead atoms. The molecule has 0 unspecified atom stereocenters. The van der Waals surface area contributed by atoms with Crippen LogP contribution in [0.2, 0.25) is 0 Å². The van der Waals surface area contributed by atoms with Crippen LogP contribution in [0.3, 0.4) is 0 Å². The predicted molar refractivity (Wildman–Crippen MR) is 86.5 cm³/mol. The Balaban J connectivity index is 1.52. The molecule has 106 valence electrons. The van der Waals surface area contributed by atoms with Crippen LogP contribution in [0, 0.1) is 0 Å². The molecule has 4 heteroatoms. The summed E-state index contributed by atoms with van der Waals surface area (Å²) in [5.41, 5.74) is 3.48. The second kappa shape index (κ2) is 5.54. The van der Waals surface area contributed by atoms with Crippen LogP contribution in [0.1, 0.15) is 16.1 Å². The molecule has 0 amide bonds. The number of fused-ring (bicyclic) bond motifs is 2. The Hall–Kier alpha value is -1.78. The Morgan fingerprint density at radius 1 is 1.24 bits per heavy atom. The molecule has 3 aromatic rings. The van der Waals surface area contributed by atoms with Gasteiger partial charge in [-0.1, -0.05) is 6.07 Å². The lowest BCUT2D eigenvalue weighted by atomic mass is 10.0. The van der Waals surface area contributed by atoms with Gasteiger partial charge in [-0.05, 0) is 41.6 Å². The minimum atomic E-state index is 0.878. The van der Waals surface area contributed by atoms with Crippen LogP contribution >= 0.6 is 11.3 Å². The van der Waals surface area contributed by atoms with Gasteiger partial charge in [-0.25, -0.2) is 9.97 Å². The first-order valence-electron chi connectivity index (χ1n) is 7.37. The molecular weight excluding hydrogens is 278 g/mol. The maximum absolute atomic E-state index is 4.72. The number of rotatable bonds is 3. The molecule has 0 aromatic carbocycles. The molecule has 0 saturated carbocycles. The average Bonchev–Trinajstić information content (AvgIpc) is 3.04. The maximum atomic E-state index is 4.72. The summed E-state index contributed by atoms with van der Waals surface area (Å²) in [6.45, 7) is 3.24. The largest absolute Gasteiger partial charge is 0.298 e. The Morgan fingerprint density at radius 2 is 2.24 bits per heavy atom. The van der Waals surface area contributed by atoms with Gasteiger partial charge in [0.05, 0.1) is 0 Å². The zero-order chi connectivity index (χ0) is 14.1. The third-order valence-corrected chi connectivity index (χ3v) is 5.01. The van der Waals surface area contributed by atoms with Gasteiger partial charge < -0.3 is 0 Å². The Bertz CT molecular complexity index is 752. The van der Waals surface area contributed by atoms with Crippen molar-refractivity contribution in [3.63, 3.8) is 0 Å². The Morgan fingerprint density at radius 3 is 3.14 bits per heavy atom. The molecule has 21 heavy (non-hydrogen) atoms.